The molecule has 0 N–H and O–H groups in total. The van der Waals surface area contributed by atoms with Crippen LogP contribution in [-0.4, -0.2) is 35.5 Å². The first-order valence-electron chi connectivity index (χ1n) is 5.47. The van der Waals surface area contributed by atoms with Crippen molar-refractivity contribution in [3.63, 3.8) is 0 Å². The summed E-state index contributed by atoms with van der Waals surface area (Å²) in [7, 11) is -3.77. The first-order valence-corrected chi connectivity index (χ1v) is 7.10. The molecule has 0 saturated heterocycles. The Hall–Kier alpha value is 0.187. The van der Waals surface area contributed by atoms with E-state index >= 15 is 0 Å². The maximum Gasteiger partial charge on any atom is 0.792 e. The van der Waals surface area contributed by atoms with E-state index in [9.17, 15) is 0 Å². The summed E-state index contributed by atoms with van der Waals surface area (Å²) in [5, 5.41) is 0. The van der Waals surface area contributed by atoms with Crippen LogP contribution in [0.25, 0.3) is 0 Å². The fourth-order valence-electron chi connectivity index (χ4n) is 0.608. The van der Waals surface area contributed by atoms with E-state index in [1.165, 1.54) is 0 Å². The van der Waals surface area contributed by atoms with Crippen molar-refractivity contribution in [2.45, 2.75) is 27.7 Å². The maximum absolute atomic E-state index is 4.88. The van der Waals surface area contributed by atoms with E-state index in [1.807, 2.05) is 0 Å². The Bertz CT molecular complexity index is 138. The molecule has 0 spiro atoms. The number of rotatable bonds is 12. The second-order valence-electron chi connectivity index (χ2n) is 2.46. The van der Waals surface area contributed by atoms with Gasteiger partial charge in [-0.25, -0.2) is 19.6 Å². The molecule has 8 nitrogen and oxygen atoms in total. The molecule has 0 atom stereocenters. The molecule has 0 saturated carbocycles. The zero-order chi connectivity index (χ0) is 13.0. The van der Waals surface area contributed by atoms with E-state index in [0.29, 0.717) is 0 Å². The van der Waals surface area contributed by atoms with E-state index in [-0.39, 0.29) is 38.8 Å². The van der Waals surface area contributed by atoms with E-state index in [4.69, 9.17) is 37.9 Å². The van der Waals surface area contributed by atoms with Crippen LogP contribution in [0.1, 0.15) is 27.7 Å². The van der Waals surface area contributed by atoms with Crippen LogP contribution in [-0.2, 0) is 37.9 Å². The molecule has 0 bridgehead atoms. The molecule has 0 amide bonds. The zero-order valence-electron chi connectivity index (χ0n) is 11.0. The molecule has 0 aliphatic heterocycles. The molecule has 0 unspecified atom stereocenters. The fraction of sp³-hybridized carbons (Fsp3) is 1.00. The zero-order valence-corrected chi connectivity index (χ0v) is 12.8. The van der Waals surface area contributed by atoms with Crippen molar-refractivity contribution in [1.82, 2.24) is 0 Å². The number of hydrogen-bond donors (Lipinski definition) is 0. The maximum atomic E-state index is 4.88. The highest BCUT2D eigenvalue weighted by atomic mass is 35.5. The van der Waals surface area contributed by atoms with Crippen molar-refractivity contribution in [1.29, 1.82) is 0 Å². The van der Waals surface area contributed by atoms with Gasteiger partial charge in [-0.3, -0.25) is 0 Å². The van der Waals surface area contributed by atoms with Crippen molar-refractivity contribution < 1.29 is 37.9 Å². The Morgan fingerprint density at radius 2 is 0.778 bits per heavy atom. The van der Waals surface area contributed by atoms with Gasteiger partial charge in [-0.15, -0.1) is 12.4 Å². The van der Waals surface area contributed by atoms with Crippen molar-refractivity contribution in [3.05, 3.63) is 0 Å². The van der Waals surface area contributed by atoms with Gasteiger partial charge < -0.3 is 0 Å². The van der Waals surface area contributed by atoms with Crippen LogP contribution < -0.4 is 0 Å². The van der Waals surface area contributed by atoms with Crippen LogP contribution in [0.5, 0.6) is 0 Å². The molecule has 0 aromatic heterocycles. The fourth-order valence-corrected chi connectivity index (χ4v) is 1.82. The van der Waals surface area contributed by atoms with Crippen LogP contribution in [0.2, 0.25) is 0 Å². The molecule has 0 aromatic rings. The third kappa shape index (κ3) is 9.16. The molecule has 0 rings (SSSR count). The molecule has 0 aliphatic rings. The molecule has 0 radical (unpaired) electrons. The lowest BCUT2D eigenvalue weighted by Crippen LogP contribution is -2.49. The second kappa shape index (κ2) is 13.6. The largest absolute Gasteiger partial charge is 0.792 e. The van der Waals surface area contributed by atoms with Gasteiger partial charge in [0.2, 0.25) is 0 Å². The first-order chi connectivity index (χ1) is 8.24. The summed E-state index contributed by atoms with van der Waals surface area (Å²) in [5.74, 6) is 0. The van der Waals surface area contributed by atoms with Gasteiger partial charge in [0.25, 0.3) is 0 Å². The monoisotopic (exact) mass is 308 g/mol. The molecule has 0 heterocycles. The molecule has 0 aromatic carbocycles. The summed E-state index contributed by atoms with van der Waals surface area (Å²) in [6, 6.07) is 0. The van der Waals surface area contributed by atoms with Gasteiger partial charge in [-0.05, 0) is 27.7 Å². The van der Waals surface area contributed by atoms with E-state index < -0.39 is 9.05 Å². The first kappa shape index (κ1) is 20.5. The van der Waals surface area contributed by atoms with Gasteiger partial charge in [0.05, 0.1) is 26.4 Å². The minimum atomic E-state index is -3.77. The van der Waals surface area contributed by atoms with Crippen LogP contribution in [0.3, 0.4) is 0 Å². The van der Waals surface area contributed by atoms with Gasteiger partial charge in [-0.2, -0.15) is 18.3 Å². The Kier molecular flexibility index (Phi) is 15.5. The number of halogens is 1. The molecule has 0 fully saturated rings. The normalized spacial score (nSPS) is 11.3. The summed E-state index contributed by atoms with van der Waals surface area (Å²) < 4.78 is 19.5. The van der Waals surface area contributed by atoms with Gasteiger partial charge in [0, 0.05) is 0 Å². The van der Waals surface area contributed by atoms with Crippen LogP contribution in [0.15, 0.2) is 0 Å². The predicted molar refractivity (Wildman–Crippen MR) is 63.8 cm³/mol. The lowest BCUT2D eigenvalue weighted by Gasteiger charge is -2.22. The quantitative estimate of drug-likeness (QED) is 0.306. The minimum absolute atomic E-state index is 0. The van der Waals surface area contributed by atoms with Gasteiger partial charge in [0.1, 0.15) is 0 Å². The van der Waals surface area contributed by atoms with Gasteiger partial charge >= 0.3 is 9.05 Å². The predicted octanol–water partition coefficient (Wildman–Crippen LogP) is 1.72. The molecule has 112 valence electrons. The van der Waals surface area contributed by atoms with Crippen molar-refractivity contribution in [2.24, 2.45) is 0 Å². The van der Waals surface area contributed by atoms with Crippen molar-refractivity contribution in [3.8, 4) is 0 Å². The average Bonchev–Trinajstić information content (AvgIpc) is 2.37. The highest BCUT2D eigenvalue weighted by Crippen LogP contribution is 2.14. The van der Waals surface area contributed by atoms with Gasteiger partial charge in [-0.1, -0.05) is 0 Å². The SMILES string of the molecule is CCOO[Si](OOCC)(OOCC)OOCC.Cl. The third-order valence-corrected chi connectivity index (χ3v) is 2.40. The second-order valence-corrected chi connectivity index (χ2v) is 4.13. The molecular weight excluding hydrogens is 288 g/mol. The van der Waals surface area contributed by atoms with Crippen LogP contribution in [0.4, 0.5) is 0 Å². The lowest BCUT2D eigenvalue weighted by atomic mass is 10.9. The summed E-state index contributed by atoms with van der Waals surface area (Å²) in [6.07, 6.45) is 0. The smallest absolute Gasteiger partial charge is 0.242 e. The Morgan fingerprint density at radius 3 is 0.944 bits per heavy atom. The average molecular weight is 309 g/mol. The topological polar surface area (TPSA) is 73.8 Å². The Labute approximate surface area is 114 Å². The van der Waals surface area contributed by atoms with E-state index in [1.54, 1.807) is 27.7 Å². The summed E-state index contributed by atoms with van der Waals surface area (Å²) >= 11 is 0. The lowest BCUT2D eigenvalue weighted by molar-refractivity contribution is -0.425. The highest BCUT2D eigenvalue weighted by molar-refractivity contribution is 6.52. The summed E-state index contributed by atoms with van der Waals surface area (Å²) in [5.41, 5.74) is 0. The molecule has 18 heavy (non-hydrogen) atoms. The van der Waals surface area contributed by atoms with Crippen LogP contribution in [0, 0.1) is 0 Å². The molecular formula is C8H21ClO8Si. The molecule has 0 aliphatic carbocycles. The third-order valence-electron chi connectivity index (χ3n) is 1.12. The van der Waals surface area contributed by atoms with E-state index in [0.717, 1.165) is 0 Å². The van der Waals surface area contributed by atoms with Gasteiger partial charge in [0.15, 0.2) is 0 Å². The van der Waals surface area contributed by atoms with Crippen LogP contribution >= 0.6 is 12.4 Å². The molecule has 10 heteroatoms. The Morgan fingerprint density at radius 1 is 0.556 bits per heavy atom. The minimum Gasteiger partial charge on any atom is -0.242 e. The highest BCUT2D eigenvalue weighted by Gasteiger charge is 2.54. The van der Waals surface area contributed by atoms with Crippen molar-refractivity contribution >= 4 is 21.5 Å². The van der Waals surface area contributed by atoms with Crippen molar-refractivity contribution in [2.75, 3.05) is 26.4 Å². The standard InChI is InChI=1S/C8H20O8Si.ClH/c1-5-9-13-17(14-10-6-2,15-11-7-3)16-12-8-4;/h5-8H2,1-4H3;1H. The Balaban J connectivity index is 0. The summed E-state index contributed by atoms with van der Waals surface area (Å²) in [4.78, 5) is 18.9. The number of hydrogen-bond acceptors (Lipinski definition) is 8. The summed E-state index contributed by atoms with van der Waals surface area (Å²) in [6.45, 7) is 7.99. The van der Waals surface area contributed by atoms with E-state index in [2.05, 4.69) is 0 Å².